The second-order valence-corrected chi connectivity index (χ2v) is 4.18. The number of hydrogen-bond acceptors (Lipinski definition) is 1. The first-order valence-electron chi connectivity index (χ1n) is 5.26. The van der Waals surface area contributed by atoms with Crippen LogP contribution in [0.3, 0.4) is 0 Å². The van der Waals surface area contributed by atoms with Crippen LogP contribution in [0.1, 0.15) is 18.1 Å². The van der Waals surface area contributed by atoms with Gasteiger partial charge in [-0.3, -0.25) is 0 Å². The van der Waals surface area contributed by atoms with E-state index in [1.807, 2.05) is 6.92 Å². The molecule has 0 amide bonds. The van der Waals surface area contributed by atoms with Crippen molar-refractivity contribution in [3.05, 3.63) is 47.5 Å². The topological polar surface area (TPSA) is 26.0 Å². The molecule has 14 heavy (non-hydrogen) atoms. The molecule has 1 unspecified atom stereocenters. The van der Waals surface area contributed by atoms with Crippen molar-refractivity contribution in [2.45, 2.75) is 25.8 Å². The van der Waals surface area contributed by atoms with E-state index in [1.165, 1.54) is 24.0 Å². The summed E-state index contributed by atoms with van der Waals surface area (Å²) in [6.45, 7) is 2.01. The van der Waals surface area contributed by atoms with E-state index in [0.29, 0.717) is 5.92 Å². The molecule has 0 saturated carbocycles. The summed E-state index contributed by atoms with van der Waals surface area (Å²) < 4.78 is 0. The molecule has 0 radical (unpaired) electrons. The SMILES string of the molecule is CC(N)/C=C/C1Cc2ccccc2C1. The summed E-state index contributed by atoms with van der Waals surface area (Å²) in [5, 5.41) is 0. The molecular weight excluding hydrogens is 170 g/mol. The highest BCUT2D eigenvalue weighted by Gasteiger charge is 2.17. The average molecular weight is 187 g/mol. The van der Waals surface area contributed by atoms with Crippen molar-refractivity contribution in [1.82, 2.24) is 0 Å². The minimum absolute atomic E-state index is 0.179. The van der Waals surface area contributed by atoms with Gasteiger partial charge in [0.15, 0.2) is 0 Å². The third-order valence-electron chi connectivity index (χ3n) is 2.77. The lowest BCUT2D eigenvalue weighted by molar-refractivity contribution is 0.697. The van der Waals surface area contributed by atoms with Crippen LogP contribution in [0.5, 0.6) is 0 Å². The summed E-state index contributed by atoms with van der Waals surface area (Å²) in [5.74, 6) is 0.665. The predicted octanol–water partition coefficient (Wildman–Crippen LogP) is 2.30. The second kappa shape index (κ2) is 3.97. The maximum absolute atomic E-state index is 5.69. The highest BCUT2D eigenvalue weighted by Crippen LogP contribution is 2.27. The number of allylic oxidation sites excluding steroid dienone is 1. The van der Waals surface area contributed by atoms with Crippen molar-refractivity contribution in [2.24, 2.45) is 11.7 Å². The van der Waals surface area contributed by atoms with Crippen molar-refractivity contribution in [1.29, 1.82) is 0 Å². The summed E-state index contributed by atoms with van der Waals surface area (Å²) in [7, 11) is 0. The van der Waals surface area contributed by atoms with E-state index in [-0.39, 0.29) is 6.04 Å². The zero-order valence-corrected chi connectivity index (χ0v) is 8.61. The van der Waals surface area contributed by atoms with Crippen LogP contribution in [0.25, 0.3) is 0 Å². The van der Waals surface area contributed by atoms with Gasteiger partial charge in [0.05, 0.1) is 0 Å². The van der Waals surface area contributed by atoms with E-state index in [2.05, 4.69) is 36.4 Å². The lowest BCUT2D eigenvalue weighted by Crippen LogP contribution is -2.11. The Balaban J connectivity index is 2.05. The van der Waals surface area contributed by atoms with Gasteiger partial charge in [-0.1, -0.05) is 36.4 Å². The highest BCUT2D eigenvalue weighted by atomic mass is 14.6. The third-order valence-corrected chi connectivity index (χ3v) is 2.77. The fourth-order valence-corrected chi connectivity index (χ4v) is 2.06. The Bertz CT molecular complexity index is 314. The molecule has 0 aliphatic heterocycles. The Labute approximate surface area is 85.6 Å². The van der Waals surface area contributed by atoms with Crippen molar-refractivity contribution in [3.63, 3.8) is 0 Å². The number of fused-ring (bicyclic) bond motifs is 1. The van der Waals surface area contributed by atoms with Crippen LogP contribution in [0, 0.1) is 5.92 Å². The van der Waals surface area contributed by atoms with E-state index in [1.54, 1.807) is 0 Å². The molecule has 1 nitrogen and oxygen atoms in total. The number of benzene rings is 1. The van der Waals surface area contributed by atoms with Crippen LogP contribution in [-0.2, 0) is 12.8 Å². The van der Waals surface area contributed by atoms with Crippen LogP contribution in [0.15, 0.2) is 36.4 Å². The molecule has 1 aliphatic carbocycles. The van der Waals surface area contributed by atoms with E-state index >= 15 is 0 Å². The lowest BCUT2D eigenvalue weighted by atomic mass is 10.1. The van der Waals surface area contributed by atoms with Gasteiger partial charge in [-0.25, -0.2) is 0 Å². The molecular formula is C13H17N. The Hall–Kier alpha value is -1.08. The van der Waals surface area contributed by atoms with Crippen LogP contribution in [-0.4, -0.2) is 6.04 Å². The van der Waals surface area contributed by atoms with Gasteiger partial charge in [-0.15, -0.1) is 0 Å². The van der Waals surface area contributed by atoms with Gasteiger partial charge in [0.25, 0.3) is 0 Å². The maximum atomic E-state index is 5.69. The van der Waals surface area contributed by atoms with Gasteiger partial charge < -0.3 is 5.73 Å². The first kappa shape index (κ1) is 9.47. The zero-order valence-electron chi connectivity index (χ0n) is 8.61. The highest BCUT2D eigenvalue weighted by molar-refractivity contribution is 5.33. The van der Waals surface area contributed by atoms with Crippen molar-refractivity contribution in [3.8, 4) is 0 Å². The summed E-state index contributed by atoms with van der Waals surface area (Å²) in [4.78, 5) is 0. The molecule has 0 fully saturated rings. The molecule has 1 atom stereocenters. The maximum Gasteiger partial charge on any atom is 0.0194 e. The minimum atomic E-state index is 0.179. The monoisotopic (exact) mass is 187 g/mol. The standard InChI is InChI=1S/C13H17N/c1-10(14)6-7-11-8-12-4-2-3-5-13(12)9-11/h2-7,10-11H,8-9,14H2,1H3/b7-6+. The van der Waals surface area contributed by atoms with Crippen LogP contribution in [0.4, 0.5) is 0 Å². The van der Waals surface area contributed by atoms with Crippen molar-refractivity contribution < 1.29 is 0 Å². The van der Waals surface area contributed by atoms with Gasteiger partial charge in [0, 0.05) is 6.04 Å². The molecule has 2 rings (SSSR count). The molecule has 1 heteroatoms. The molecule has 0 saturated heterocycles. The summed E-state index contributed by atoms with van der Waals surface area (Å²) in [5.41, 5.74) is 8.70. The molecule has 1 aromatic carbocycles. The Morgan fingerprint density at radius 2 is 1.86 bits per heavy atom. The normalized spacial score (nSPS) is 18.7. The fourth-order valence-electron chi connectivity index (χ4n) is 2.06. The van der Waals surface area contributed by atoms with Crippen LogP contribution >= 0.6 is 0 Å². The van der Waals surface area contributed by atoms with Gasteiger partial charge in [0.1, 0.15) is 0 Å². The van der Waals surface area contributed by atoms with Gasteiger partial charge in [-0.05, 0) is 36.8 Å². The Morgan fingerprint density at radius 1 is 1.29 bits per heavy atom. The van der Waals surface area contributed by atoms with Gasteiger partial charge in [0.2, 0.25) is 0 Å². The smallest absolute Gasteiger partial charge is 0.0194 e. The molecule has 0 spiro atoms. The number of nitrogens with two attached hydrogens (primary N) is 1. The molecule has 0 aromatic heterocycles. The van der Waals surface area contributed by atoms with Crippen LogP contribution < -0.4 is 5.73 Å². The molecule has 0 heterocycles. The van der Waals surface area contributed by atoms with Gasteiger partial charge in [-0.2, -0.15) is 0 Å². The van der Waals surface area contributed by atoms with E-state index in [9.17, 15) is 0 Å². The predicted molar refractivity (Wildman–Crippen MR) is 60.1 cm³/mol. The first-order chi connectivity index (χ1) is 6.75. The van der Waals surface area contributed by atoms with Gasteiger partial charge >= 0.3 is 0 Å². The summed E-state index contributed by atoms with van der Waals surface area (Å²) in [6.07, 6.45) is 6.74. The van der Waals surface area contributed by atoms with E-state index < -0.39 is 0 Å². The molecule has 74 valence electrons. The van der Waals surface area contributed by atoms with Crippen molar-refractivity contribution >= 4 is 0 Å². The fraction of sp³-hybridized carbons (Fsp3) is 0.385. The first-order valence-corrected chi connectivity index (χ1v) is 5.26. The molecule has 0 bridgehead atoms. The van der Waals surface area contributed by atoms with Crippen molar-refractivity contribution in [2.75, 3.05) is 0 Å². The minimum Gasteiger partial charge on any atom is -0.325 e. The lowest BCUT2D eigenvalue weighted by Gasteiger charge is -2.02. The molecule has 1 aromatic rings. The summed E-state index contributed by atoms with van der Waals surface area (Å²) >= 11 is 0. The third kappa shape index (κ3) is 2.05. The number of hydrogen-bond donors (Lipinski definition) is 1. The molecule has 2 N–H and O–H groups in total. The number of rotatable bonds is 2. The molecule has 1 aliphatic rings. The zero-order chi connectivity index (χ0) is 9.97. The summed E-state index contributed by atoms with van der Waals surface area (Å²) in [6, 6.07) is 8.88. The largest absolute Gasteiger partial charge is 0.325 e. The quantitative estimate of drug-likeness (QED) is 0.706. The Morgan fingerprint density at radius 3 is 2.36 bits per heavy atom. The average Bonchev–Trinajstić information content (AvgIpc) is 2.57. The van der Waals surface area contributed by atoms with E-state index in [0.717, 1.165) is 0 Å². The Kier molecular flexibility index (Phi) is 2.69. The second-order valence-electron chi connectivity index (χ2n) is 4.18. The van der Waals surface area contributed by atoms with Crippen LogP contribution in [0.2, 0.25) is 0 Å². The van der Waals surface area contributed by atoms with E-state index in [4.69, 9.17) is 5.73 Å².